The quantitative estimate of drug-likeness (QED) is 0.176. The standard InChI is InChI=1S/C54H41N3O/c1-2-6-38-26-52-46(25-37(38)5-1)42-22-21-40(27-51(42)58-52)54-56-49(34-14-11-33(12-15-34)47-30-55-48-8-4-3-7-41(48)44-28-45(44)47)29-50(57-54)35-16-18-36(19-17-35)53-39-20-13-32-10-9-31(23-39)24-43(32)53/h1-8,11-12,14-19,21-22,25-32,39,43,53H,9-10,13,20,23-24H2. The third kappa shape index (κ3) is 5.24. The molecule has 5 unspecified atom stereocenters. The summed E-state index contributed by atoms with van der Waals surface area (Å²) < 4.78 is 6.51. The molecule has 58 heavy (non-hydrogen) atoms. The van der Waals surface area contributed by atoms with Crippen molar-refractivity contribution in [2.24, 2.45) is 28.7 Å². The Morgan fingerprint density at radius 1 is 0.534 bits per heavy atom. The van der Waals surface area contributed by atoms with Gasteiger partial charge in [0.25, 0.3) is 0 Å². The van der Waals surface area contributed by atoms with E-state index in [1.165, 1.54) is 71.6 Å². The molecule has 3 heterocycles. The zero-order valence-electron chi connectivity index (χ0n) is 32.2. The highest BCUT2D eigenvalue weighted by Gasteiger charge is 2.47. The van der Waals surface area contributed by atoms with Crippen molar-refractivity contribution in [1.82, 2.24) is 9.97 Å². The largest absolute Gasteiger partial charge is 0.456 e. The van der Waals surface area contributed by atoms with Crippen LogP contribution in [0.15, 0.2) is 155 Å². The fourth-order valence-corrected chi connectivity index (χ4v) is 11.5. The summed E-state index contributed by atoms with van der Waals surface area (Å²) in [6.45, 7) is 0. The van der Waals surface area contributed by atoms with Crippen LogP contribution in [0.4, 0.5) is 5.69 Å². The Bertz CT molecular complexity index is 3090. The fourth-order valence-electron chi connectivity index (χ4n) is 11.5. The van der Waals surface area contributed by atoms with Crippen LogP contribution in [0.1, 0.15) is 61.1 Å². The van der Waals surface area contributed by atoms with Gasteiger partial charge in [-0.15, -0.1) is 0 Å². The second-order valence-electron chi connectivity index (χ2n) is 17.5. The Hall–Kier alpha value is -6.39. The molecule has 1 aliphatic heterocycles. The molecule has 3 saturated carbocycles. The number of aromatic nitrogens is 2. The molecule has 0 radical (unpaired) electrons. The maximum atomic E-state index is 6.51. The highest BCUT2D eigenvalue weighted by molar-refractivity contribution is 6.24. The molecule has 4 nitrogen and oxygen atoms in total. The third-order valence-corrected chi connectivity index (χ3v) is 14.4. The predicted molar refractivity (Wildman–Crippen MR) is 237 cm³/mol. The number of furan rings is 1. The molecule has 2 aromatic heterocycles. The highest BCUT2D eigenvalue weighted by atomic mass is 16.3. The lowest BCUT2D eigenvalue weighted by molar-refractivity contribution is 0.00768. The van der Waals surface area contributed by atoms with Gasteiger partial charge in [0.15, 0.2) is 5.82 Å². The Morgan fingerprint density at radius 2 is 1.22 bits per heavy atom. The maximum absolute atomic E-state index is 6.51. The number of para-hydroxylation sites is 1. The number of allylic oxidation sites excluding steroid dienone is 4. The van der Waals surface area contributed by atoms with Gasteiger partial charge < -0.3 is 4.42 Å². The van der Waals surface area contributed by atoms with Crippen LogP contribution in [0, 0.1) is 23.7 Å². The normalized spacial score (nSPS) is 22.9. The first-order chi connectivity index (χ1) is 28.7. The van der Waals surface area contributed by atoms with E-state index in [1.807, 2.05) is 6.21 Å². The van der Waals surface area contributed by atoms with E-state index in [4.69, 9.17) is 19.4 Å². The Kier molecular flexibility index (Phi) is 7.07. The van der Waals surface area contributed by atoms with E-state index in [1.54, 1.807) is 0 Å². The molecule has 278 valence electrons. The summed E-state index contributed by atoms with van der Waals surface area (Å²) in [6, 6.07) is 48.1. The molecule has 3 fully saturated rings. The predicted octanol–water partition coefficient (Wildman–Crippen LogP) is 14.0. The minimum Gasteiger partial charge on any atom is -0.456 e. The van der Waals surface area contributed by atoms with Crippen molar-refractivity contribution < 1.29 is 4.42 Å². The smallest absolute Gasteiger partial charge is 0.160 e. The second kappa shape index (κ2) is 12.6. The van der Waals surface area contributed by atoms with E-state index in [0.29, 0.717) is 11.7 Å². The molecular weight excluding hydrogens is 707 g/mol. The molecule has 8 aromatic rings. The van der Waals surface area contributed by atoms with Crippen molar-refractivity contribution in [3.63, 3.8) is 0 Å². The van der Waals surface area contributed by atoms with Gasteiger partial charge in [0, 0.05) is 44.8 Å². The summed E-state index contributed by atoms with van der Waals surface area (Å²) >= 11 is 0. The monoisotopic (exact) mass is 747 g/mol. The molecule has 4 heteroatoms. The van der Waals surface area contributed by atoms with Gasteiger partial charge in [-0.05, 0) is 137 Å². The van der Waals surface area contributed by atoms with Crippen molar-refractivity contribution in [3.05, 3.63) is 162 Å². The minimum atomic E-state index is 0.691. The van der Waals surface area contributed by atoms with Crippen LogP contribution >= 0.6 is 0 Å². The Labute approximate surface area is 337 Å². The first-order valence-electron chi connectivity index (χ1n) is 21.2. The van der Waals surface area contributed by atoms with Crippen molar-refractivity contribution in [2.75, 3.05) is 0 Å². The topological polar surface area (TPSA) is 51.3 Å². The van der Waals surface area contributed by atoms with Crippen molar-refractivity contribution in [2.45, 2.75) is 44.4 Å². The molecule has 3 bridgehead atoms. The summed E-state index contributed by atoms with van der Waals surface area (Å²) in [5, 5.41) is 4.60. The van der Waals surface area contributed by atoms with Gasteiger partial charge in [-0.3, -0.25) is 4.99 Å². The van der Waals surface area contributed by atoms with Crippen LogP contribution in [-0.2, 0) is 0 Å². The molecule has 0 saturated heterocycles. The van der Waals surface area contributed by atoms with Crippen molar-refractivity contribution in [3.8, 4) is 33.9 Å². The van der Waals surface area contributed by atoms with Gasteiger partial charge in [-0.25, -0.2) is 9.97 Å². The number of nitrogens with zero attached hydrogens (tertiary/aromatic N) is 3. The summed E-state index contributed by atoms with van der Waals surface area (Å²) in [5.41, 5.74) is 15.3. The van der Waals surface area contributed by atoms with Crippen molar-refractivity contribution in [1.29, 1.82) is 0 Å². The number of aliphatic imine (C=N–C) groups is 1. The first kappa shape index (κ1) is 32.7. The van der Waals surface area contributed by atoms with Crippen LogP contribution in [0.3, 0.4) is 0 Å². The van der Waals surface area contributed by atoms with Gasteiger partial charge >= 0.3 is 0 Å². The molecule has 13 rings (SSSR count). The van der Waals surface area contributed by atoms with E-state index in [0.717, 1.165) is 90.5 Å². The van der Waals surface area contributed by atoms with Crippen LogP contribution in [-0.4, -0.2) is 16.2 Å². The van der Waals surface area contributed by atoms with Crippen LogP contribution < -0.4 is 0 Å². The van der Waals surface area contributed by atoms with Gasteiger partial charge in [-0.1, -0.05) is 103 Å². The number of fused-ring (bicyclic) bond motifs is 9. The molecule has 6 aromatic carbocycles. The van der Waals surface area contributed by atoms with Crippen LogP contribution in [0.5, 0.6) is 0 Å². The number of hydrogen-bond donors (Lipinski definition) is 0. The molecule has 5 atom stereocenters. The van der Waals surface area contributed by atoms with E-state index in [-0.39, 0.29) is 0 Å². The first-order valence-corrected chi connectivity index (χ1v) is 21.2. The Morgan fingerprint density at radius 3 is 2.07 bits per heavy atom. The third-order valence-electron chi connectivity index (χ3n) is 14.4. The number of hydrogen-bond acceptors (Lipinski definition) is 4. The molecule has 5 aliphatic rings. The second-order valence-corrected chi connectivity index (χ2v) is 17.5. The lowest BCUT2D eigenvalue weighted by Gasteiger charge is -2.53. The molecule has 0 amide bonds. The SMILES string of the molecule is C1=Nc2ccccc2C2=CC2=C1c1ccc(-c2cc(-c3ccc(C4C5CCC6CCC(C5)CC64)cc3)nc(-c3ccc4c(c3)oc3cc5ccccc5cc34)n2)cc1. The molecular formula is C54H41N3O. The van der Waals surface area contributed by atoms with Crippen LogP contribution in [0.2, 0.25) is 0 Å². The van der Waals surface area contributed by atoms with E-state index in [2.05, 4.69) is 140 Å². The van der Waals surface area contributed by atoms with Crippen LogP contribution in [0.25, 0.3) is 77.8 Å². The Balaban J connectivity index is 0.892. The number of benzene rings is 6. The lowest BCUT2D eigenvalue weighted by Crippen LogP contribution is -2.43. The van der Waals surface area contributed by atoms with Crippen molar-refractivity contribution >= 4 is 55.8 Å². The molecule has 0 N–H and O–H groups in total. The van der Waals surface area contributed by atoms with E-state index in [9.17, 15) is 0 Å². The lowest BCUT2D eigenvalue weighted by atomic mass is 9.51. The summed E-state index contributed by atoms with van der Waals surface area (Å²) in [4.78, 5) is 15.4. The van der Waals surface area contributed by atoms with Gasteiger partial charge in [-0.2, -0.15) is 0 Å². The summed E-state index contributed by atoms with van der Waals surface area (Å²) in [5.74, 6) is 4.99. The maximum Gasteiger partial charge on any atom is 0.160 e. The molecule has 0 spiro atoms. The van der Waals surface area contributed by atoms with E-state index < -0.39 is 0 Å². The fraction of sp³-hybridized carbons (Fsp3) is 0.204. The van der Waals surface area contributed by atoms with E-state index >= 15 is 0 Å². The van der Waals surface area contributed by atoms with Gasteiger partial charge in [0.1, 0.15) is 11.2 Å². The highest BCUT2D eigenvalue weighted by Crippen LogP contribution is 2.59. The molecule has 4 aliphatic carbocycles. The summed E-state index contributed by atoms with van der Waals surface area (Å²) in [6.07, 6.45) is 12.9. The zero-order valence-corrected chi connectivity index (χ0v) is 32.2. The number of rotatable bonds is 5. The summed E-state index contributed by atoms with van der Waals surface area (Å²) in [7, 11) is 0. The minimum absolute atomic E-state index is 0.691. The average Bonchev–Trinajstić information content (AvgIpc) is 4.00. The van der Waals surface area contributed by atoms with Gasteiger partial charge in [0.05, 0.1) is 17.1 Å². The zero-order chi connectivity index (χ0) is 37.9. The average molecular weight is 748 g/mol. The van der Waals surface area contributed by atoms with Gasteiger partial charge in [0.2, 0.25) is 0 Å².